The molecular weight excluding hydrogens is 246 g/mol. The van der Waals surface area contributed by atoms with E-state index >= 15 is 0 Å². The largest absolute Gasteiger partial charge is 0.481 e. The third kappa shape index (κ3) is 14.6. The van der Waals surface area contributed by atoms with Crippen LogP contribution in [0.2, 0.25) is 0 Å². The van der Waals surface area contributed by atoms with Crippen LogP contribution in [-0.4, -0.2) is 36.7 Å². The highest BCUT2D eigenvalue weighted by atomic mass is 16.5. The van der Waals surface area contributed by atoms with Gasteiger partial charge in [0.2, 0.25) is 0 Å². The van der Waals surface area contributed by atoms with Crippen molar-refractivity contribution >= 4 is 11.9 Å². The summed E-state index contributed by atoms with van der Waals surface area (Å²) in [5, 5.41) is 11.3. The fourth-order valence-corrected chi connectivity index (χ4v) is 1.42. The van der Waals surface area contributed by atoms with E-state index in [0.29, 0.717) is 19.7 Å². The minimum absolute atomic E-state index is 0.0650. The Morgan fingerprint density at radius 3 is 2.58 bits per heavy atom. The van der Waals surface area contributed by atoms with E-state index in [4.69, 9.17) is 9.84 Å². The van der Waals surface area contributed by atoms with Crippen LogP contribution in [0.25, 0.3) is 0 Å². The first kappa shape index (κ1) is 17.6. The van der Waals surface area contributed by atoms with Gasteiger partial charge in [0.25, 0.3) is 0 Å². The molecule has 5 nitrogen and oxygen atoms in total. The summed E-state index contributed by atoms with van der Waals surface area (Å²) in [4.78, 5) is 21.5. The van der Waals surface area contributed by atoms with Crippen molar-refractivity contribution in [2.75, 3.05) is 19.7 Å². The molecule has 0 aliphatic heterocycles. The van der Waals surface area contributed by atoms with Gasteiger partial charge >= 0.3 is 11.9 Å². The molecule has 0 amide bonds. The van der Waals surface area contributed by atoms with E-state index in [1.165, 1.54) is 19.3 Å². The number of allylic oxidation sites excluding steroid dienone is 1. The number of carboxylic acid groups (broad SMARTS) is 1. The number of ether oxygens (including phenoxy) is 1. The standard InChI is InChI=1S/C14H25NO4/c1-2-3-4-5-6-7-12-19-14(18)9-11-15-10-8-13(16)17/h6-7,15H,2-5,8-12H2,1H3,(H,16,17). The third-order valence-electron chi connectivity index (χ3n) is 2.50. The summed E-state index contributed by atoms with van der Waals surface area (Å²) in [5.41, 5.74) is 0. The molecule has 0 saturated heterocycles. The highest BCUT2D eigenvalue weighted by Gasteiger charge is 2.01. The minimum Gasteiger partial charge on any atom is -0.481 e. The van der Waals surface area contributed by atoms with E-state index in [1.54, 1.807) is 0 Å². The second-order valence-electron chi connectivity index (χ2n) is 4.29. The Labute approximate surface area is 115 Å². The zero-order chi connectivity index (χ0) is 14.3. The van der Waals surface area contributed by atoms with Crippen molar-refractivity contribution in [3.8, 4) is 0 Å². The maximum atomic E-state index is 11.3. The molecule has 0 aromatic carbocycles. The molecule has 0 aliphatic carbocycles. The Balaban J connectivity index is 3.32. The van der Waals surface area contributed by atoms with Crippen molar-refractivity contribution in [1.29, 1.82) is 0 Å². The van der Waals surface area contributed by atoms with Gasteiger partial charge in [-0.1, -0.05) is 31.9 Å². The number of esters is 1. The van der Waals surface area contributed by atoms with Crippen molar-refractivity contribution in [1.82, 2.24) is 5.32 Å². The van der Waals surface area contributed by atoms with Gasteiger partial charge in [-0.3, -0.25) is 9.59 Å². The Kier molecular flexibility index (Phi) is 12.1. The van der Waals surface area contributed by atoms with Gasteiger partial charge in [-0.25, -0.2) is 0 Å². The number of rotatable bonds is 12. The first-order valence-electron chi connectivity index (χ1n) is 6.90. The fourth-order valence-electron chi connectivity index (χ4n) is 1.42. The van der Waals surface area contributed by atoms with Crippen molar-refractivity contribution in [2.24, 2.45) is 0 Å². The number of hydrogen-bond acceptors (Lipinski definition) is 4. The molecule has 0 saturated carbocycles. The zero-order valence-corrected chi connectivity index (χ0v) is 11.7. The highest BCUT2D eigenvalue weighted by molar-refractivity contribution is 5.69. The van der Waals surface area contributed by atoms with Crippen LogP contribution in [0.5, 0.6) is 0 Å². The van der Waals surface area contributed by atoms with Crippen LogP contribution >= 0.6 is 0 Å². The molecule has 2 N–H and O–H groups in total. The van der Waals surface area contributed by atoms with Crippen LogP contribution in [0.4, 0.5) is 0 Å². The second kappa shape index (κ2) is 13.1. The smallest absolute Gasteiger partial charge is 0.307 e. The van der Waals surface area contributed by atoms with E-state index in [0.717, 1.165) is 6.42 Å². The van der Waals surface area contributed by atoms with Crippen molar-refractivity contribution in [2.45, 2.75) is 45.4 Å². The normalized spacial score (nSPS) is 10.8. The Hall–Kier alpha value is -1.36. The van der Waals surface area contributed by atoms with E-state index < -0.39 is 5.97 Å². The molecule has 0 unspecified atom stereocenters. The van der Waals surface area contributed by atoms with Crippen LogP contribution in [0.1, 0.15) is 45.4 Å². The van der Waals surface area contributed by atoms with Gasteiger partial charge in [-0.15, -0.1) is 0 Å². The Morgan fingerprint density at radius 1 is 1.16 bits per heavy atom. The molecular formula is C14H25NO4. The van der Waals surface area contributed by atoms with Crippen LogP contribution in [0.3, 0.4) is 0 Å². The maximum Gasteiger partial charge on any atom is 0.307 e. The molecule has 19 heavy (non-hydrogen) atoms. The summed E-state index contributed by atoms with van der Waals surface area (Å²) in [6, 6.07) is 0. The van der Waals surface area contributed by atoms with E-state index in [2.05, 4.69) is 12.2 Å². The third-order valence-corrected chi connectivity index (χ3v) is 2.50. The first-order chi connectivity index (χ1) is 9.16. The molecule has 0 aromatic heterocycles. The van der Waals surface area contributed by atoms with Gasteiger partial charge in [0.15, 0.2) is 0 Å². The predicted molar refractivity (Wildman–Crippen MR) is 74.0 cm³/mol. The topological polar surface area (TPSA) is 75.6 Å². The Bertz CT molecular complexity index is 277. The zero-order valence-electron chi connectivity index (χ0n) is 11.7. The van der Waals surface area contributed by atoms with Crippen molar-refractivity contribution < 1.29 is 19.4 Å². The fraction of sp³-hybridized carbons (Fsp3) is 0.714. The van der Waals surface area contributed by atoms with Gasteiger partial charge in [0, 0.05) is 13.1 Å². The van der Waals surface area contributed by atoms with Gasteiger partial charge < -0.3 is 15.2 Å². The molecule has 0 aliphatic rings. The quantitative estimate of drug-likeness (QED) is 0.323. The lowest BCUT2D eigenvalue weighted by atomic mass is 10.2. The Morgan fingerprint density at radius 2 is 1.89 bits per heavy atom. The number of carboxylic acids is 1. The molecule has 0 rings (SSSR count). The maximum absolute atomic E-state index is 11.3. The summed E-state index contributed by atoms with van der Waals surface area (Å²) in [6.45, 7) is 3.31. The number of aliphatic carboxylic acids is 1. The second-order valence-corrected chi connectivity index (χ2v) is 4.29. The average Bonchev–Trinajstić information content (AvgIpc) is 2.37. The van der Waals surface area contributed by atoms with Gasteiger partial charge in [0.05, 0.1) is 12.8 Å². The van der Waals surface area contributed by atoms with Crippen LogP contribution in [0.15, 0.2) is 12.2 Å². The van der Waals surface area contributed by atoms with Gasteiger partial charge in [-0.05, 0) is 12.8 Å². The van der Waals surface area contributed by atoms with E-state index in [-0.39, 0.29) is 18.8 Å². The molecule has 5 heteroatoms. The minimum atomic E-state index is -0.844. The van der Waals surface area contributed by atoms with E-state index in [9.17, 15) is 9.59 Å². The van der Waals surface area contributed by atoms with Crippen LogP contribution in [-0.2, 0) is 14.3 Å². The summed E-state index contributed by atoms with van der Waals surface area (Å²) in [7, 11) is 0. The molecule has 0 aromatic rings. The number of carbonyl (C=O) groups is 2. The summed E-state index contributed by atoms with van der Waals surface area (Å²) in [5.74, 6) is -1.11. The van der Waals surface area contributed by atoms with Crippen LogP contribution in [0, 0.1) is 0 Å². The lowest BCUT2D eigenvalue weighted by Gasteiger charge is -2.03. The summed E-state index contributed by atoms with van der Waals surface area (Å²) in [6.07, 6.45) is 8.87. The molecule has 0 radical (unpaired) electrons. The predicted octanol–water partition coefficient (Wildman–Crippen LogP) is 2.12. The number of hydrogen-bond donors (Lipinski definition) is 2. The van der Waals surface area contributed by atoms with Gasteiger partial charge in [-0.2, -0.15) is 0 Å². The summed E-state index contributed by atoms with van der Waals surface area (Å²) >= 11 is 0. The van der Waals surface area contributed by atoms with Gasteiger partial charge in [0.1, 0.15) is 6.61 Å². The average molecular weight is 271 g/mol. The number of unbranched alkanes of at least 4 members (excludes halogenated alkanes) is 3. The van der Waals surface area contributed by atoms with E-state index in [1.807, 2.05) is 12.2 Å². The SMILES string of the molecule is CCCCCC=CCOC(=O)CCNCCC(=O)O. The monoisotopic (exact) mass is 271 g/mol. The van der Waals surface area contributed by atoms with Crippen molar-refractivity contribution in [3.05, 3.63) is 12.2 Å². The molecule has 0 fully saturated rings. The molecule has 0 heterocycles. The van der Waals surface area contributed by atoms with Crippen LogP contribution < -0.4 is 5.32 Å². The highest BCUT2D eigenvalue weighted by Crippen LogP contribution is 1.99. The number of carbonyl (C=O) groups excluding carboxylic acids is 1. The van der Waals surface area contributed by atoms with Crippen molar-refractivity contribution in [3.63, 3.8) is 0 Å². The molecule has 110 valence electrons. The summed E-state index contributed by atoms with van der Waals surface area (Å²) < 4.78 is 4.99. The molecule has 0 spiro atoms. The molecule has 0 atom stereocenters. The first-order valence-corrected chi connectivity index (χ1v) is 6.90. The number of nitrogens with one attached hydrogen (secondary N) is 1. The molecule has 0 bridgehead atoms. The lowest BCUT2D eigenvalue weighted by molar-refractivity contribution is -0.142. The lowest BCUT2D eigenvalue weighted by Crippen LogP contribution is -2.22.